The molecule has 6 heteroatoms. The van der Waals surface area contributed by atoms with E-state index in [1.807, 2.05) is 24.3 Å². The second-order valence-corrected chi connectivity index (χ2v) is 6.23. The number of nitrogens with zero attached hydrogens (tertiary/aromatic N) is 1. The number of benzene rings is 2. The Morgan fingerprint density at radius 3 is 2.54 bits per heavy atom. The minimum atomic E-state index is -0.254. The number of amides is 1. The molecule has 3 rings (SSSR count). The number of anilines is 1. The van der Waals surface area contributed by atoms with Gasteiger partial charge in [-0.15, -0.1) is 0 Å². The van der Waals surface area contributed by atoms with Crippen molar-refractivity contribution in [1.82, 2.24) is 10.3 Å². The Morgan fingerprint density at radius 2 is 1.86 bits per heavy atom. The summed E-state index contributed by atoms with van der Waals surface area (Å²) < 4.78 is 18.8. The number of pyridine rings is 1. The van der Waals surface area contributed by atoms with Crippen LogP contribution in [-0.4, -0.2) is 24.5 Å². The van der Waals surface area contributed by atoms with Crippen LogP contribution in [0.3, 0.4) is 0 Å². The monoisotopic (exact) mass is 379 g/mol. The first-order valence-electron chi connectivity index (χ1n) is 9.00. The average Bonchev–Trinajstić information content (AvgIpc) is 2.74. The Kier molecular flexibility index (Phi) is 6.57. The predicted molar refractivity (Wildman–Crippen MR) is 107 cm³/mol. The highest BCUT2D eigenvalue weighted by atomic mass is 19.1. The van der Waals surface area contributed by atoms with Crippen molar-refractivity contribution in [2.45, 2.75) is 13.0 Å². The fourth-order valence-electron chi connectivity index (χ4n) is 2.67. The molecule has 28 heavy (non-hydrogen) atoms. The first-order chi connectivity index (χ1) is 13.7. The topological polar surface area (TPSA) is 63.2 Å². The lowest BCUT2D eigenvalue weighted by molar-refractivity contribution is 0.0949. The van der Waals surface area contributed by atoms with Gasteiger partial charge in [-0.25, -0.2) is 9.37 Å². The number of halogens is 1. The molecule has 0 saturated carbocycles. The third-order valence-corrected chi connectivity index (χ3v) is 4.30. The van der Waals surface area contributed by atoms with Gasteiger partial charge in [0.05, 0.1) is 19.0 Å². The molecule has 1 aromatic heterocycles. The molecular weight excluding hydrogens is 357 g/mol. The molecule has 0 atom stereocenters. The van der Waals surface area contributed by atoms with E-state index in [1.165, 1.54) is 6.07 Å². The normalized spacial score (nSPS) is 10.4. The van der Waals surface area contributed by atoms with Crippen LogP contribution in [0, 0.1) is 5.82 Å². The van der Waals surface area contributed by atoms with E-state index >= 15 is 0 Å². The van der Waals surface area contributed by atoms with Gasteiger partial charge < -0.3 is 15.4 Å². The molecule has 1 heterocycles. The summed E-state index contributed by atoms with van der Waals surface area (Å²) in [6.07, 6.45) is 2.29. The van der Waals surface area contributed by atoms with Gasteiger partial charge in [0, 0.05) is 18.7 Å². The summed E-state index contributed by atoms with van der Waals surface area (Å²) in [5.74, 6) is 0.325. The van der Waals surface area contributed by atoms with Crippen LogP contribution < -0.4 is 15.4 Å². The van der Waals surface area contributed by atoms with E-state index in [2.05, 4.69) is 15.6 Å². The number of carbonyl (C=O) groups is 1. The minimum absolute atomic E-state index is 0.228. The maximum Gasteiger partial charge on any atom is 0.269 e. The van der Waals surface area contributed by atoms with Crippen molar-refractivity contribution < 1.29 is 13.9 Å². The Balaban J connectivity index is 1.47. The Labute approximate surface area is 163 Å². The number of carbonyl (C=O) groups excluding carboxylic acids is 1. The van der Waals surface area contributed by atoms with Gasteiger partial charge in [0.2, 0.25) is 0 Å². The third-order valence-electron chi connectivity index (χ3n) is 4.30. The zero-order chi connectivity index (χ0) is 19.8. The van der Waals surface area contributed by atoms with Gasteiger partial charge in [0.15, 0.2) is 0 Å². The highest BCUT2D eigenvalue weighted by Gasteiger charge is 2.07. The fraction of sp³-hybridized carbons (Fsp3) is 0.182. The summed E-state index contributed by atoms with van der Waals surface area (Å²) >= 11 is 0. The number of ether oxygens (including phenoxy) is 1. The van der Waals surface area contributed by atoms with Gasteiger partial charge in [-0.05, 0) is 42.3 Å². The van der Waals surface area contributed by atoms with E-state index in [-0.39, 0.29) is 11.7 Å². The van der Waals surface area contributed by atoms with Crippen LogP contribution >= 0.6 is 0 Å². The standard InChI is InChI=1S/C22H22FN3O2/c1-28-19-9-6-16(7-10-19)12-13-24-22(27)21-11-8-18(15-26-21)25-14-17-4-2-3-5-20(17)23/h2-11,15,25H,12-14H2,1H3,(H,24,27). The van der Waals surface area contributed by atoms with Gasteiger partial charge in [0.25, 0.3) is 5.91 Å². The van der Waals surface area contributed by atoms with Crippen molar-refractivity contribution in [3.63, 3.8) is 0 Å². The van der Waals surface area contributed by atoms with E-state index in [4.69, 9.17) is 4.74 Å². The first kappa shape index (κ1) is 19.4. The summed E-state index contributed by atoms with van der Waals surface area (Å²) in [6.45, 7) is 0.863. The number of hydrogen-bond acceptors (Lipinski definition) is 4. The molecule has 2 aromatic carbocycles. The lowest BCUT2D eigenvalue weighted by atomic mass is 10.1. The number of rotatable bonds is 8. The van der Waals surface area contributed by atoms with Gasteiger partial charge in [-0.3, -0.25) is 4.79 Å². The predicted octanol–water partition coefficient (Wildman–Crippen LogP) is 3.81. The molecule has 0 aliphatic rings. The van der Waals surface area contributed by atoms with Crippen molar-refractivity contribution in [2.24, 2.45) is 0 Å². The second kappa shape index (κ2) is 9.50. The molecule has 0 aliphatic heterocycles. The van der Waals surface area contributed by atoms with Crippen molar-refractivity contribution in [1.29, 1.82) is 0 Å². The number of methoxy groups -OCH3 is 1. The van der Waals surface area contributed by atoms with Crippen LogP contribution in [0.4, 0.5) is 10.1 Å². The van der Waals surface area contributed by atoms with E-state index in [0.717, 1.165) is 23.4 Å². The van der Waals surface area contributed by atoms with E-state index in [0.29, 0.717) is 24.3 Å². The van der Waals surface area contributed by atoms with E-state index in [9.17, 15) is 9.18 Å². The molecule has 0 saturated heterocycles. The molecule has 0 unspecified atom stereocenters. The quantitative estimate of drug-likeness (QED) is 0.625. The van der Waals surface area contributed by atoms with Crippen molar-refractivity contribution >= 4 is 11.6 Å². The third kappa shape index (κ3) is 5.30. The molecule has 2 N–H and O–H groups in total. The van der Waals surface area contributed by atoms with Crippen LogP contribution in [0.1, 0.15) is 21.6 Å². The van der Waals surface area contributed by atoms with Gasteiger partial charge in [-0.1, -0.05) is 30.3 Å². The van der Waals surface area contributed by atoms with E-state index in [1.54, 1.807) is 43.6 Å². The van der Waals surface area contributed by atoms with Gasteiger partial charge >= 0.3 is 0 Å². The molecule has 0 aliphatic carbocycles. The zero-order valence-corrected chi connectivity index (χ0v) is 15.6. The molecule has 0 spiro atoms. The van der Waals surface area contributed by atoms with E-state index < -0.39 is 0 Å². The fourth-order valence-corrected chi connectivity index (χ4v) is 2.67. The maximum atomic E-state index is 13.6. The lowest BCUT2D eigenvalue weighted by Crippen LogP contribution is -2.26. The van der Waals surface area contributed by atoms with Crippen molar-refractivity contribution in [3.8, 4) is 5.75 Å². The molecule has 1 amide bonds. The van der Waals surface area contributed by atoms with Gasteiger partial charge in [-0.2, -0.15) is 0 Å². The molecule has 5 nitrogen and oxygen atoms in total. The molecule has 144 valence electrons. The average molecular weight is 379 g/mol. The summed E-state index contributed by atoms with van der Waals surface area (Å²) in [4.78, 5) is 16.4. The first-order valence-corrected chi connectivity index (χ1v) is 9.00. The molecule has 0 radical (unpaired) electrons. The number of aromatic nitrogens is 1. The Hall–Kier alpha value is -3.41. The highest BCUT2D eigenvalue weighted by Crippen LogP contribution is 2.12. The largest absolute Gasteiger partial charge is 0.497 e. The minimum Gasteiger partial charge on any atom is -0.497 e. The summed E-state index contributed by atoms with van der Waals surface area (Å²) in [5, 5.41) is 5.96. The van der Waals surface area contributed by atoms with Crippen molar-refractivity contribution in [2.75, 3.05) is 19.0 Å². The Morgan fingerprint density at radius 1 is 1.07 bits per heavy atom. The van der Waals surface area contributed by atoms with Gasteiger partial charge in [0.1, 0.15) is 17.3 Å². The van der Waals surface area contributed by atoms with Crippen LogP contribution in [0.2, 0.25) is 0 Å². The summed E-state index contributed by atoms with van der Waals surface area (Å²) in [7, 11) is 1.63. The second-order valence-electron chi connectivity index (χ2n) is 6.23. The highest BCUT2D eigenvalue weighted by molar-refractivity contribution is 5.92. The Bertz CT molecular complexity index is 912. The lowest BCUT2D eigenvalue weighted by Gasteiger charge is -2.08. The number of nitrogens with one attached hydrogen (secondary N) is 2. The summed E-state index contributed by atoms with van der Waals surface area (Å²) in [6, 6.07) is 17.7. The molecular formula is C22H22FN3O2. The number of hydrogen-bond donors (Lipinski definition) is 2. The van der Waals surface area contributed by atoms with Crippen LogP contribution in [-0.2, 0) is 13.0 Å². The van der Waals surface area contributed by atoms with Crippen LogP contribution in [0.25, 0.3) is 0 Å². The molecule has 0 bridgehead atoms. The SMILES string of the molecule is COc1ccc(CCNC(=O)c2ccc(NCc3ccccc3F)cn2)cc1. The van der Waals surface area contributed by atoms with Crippen LogP contribution in [0.15, 0.2) is 66.9 Å². The zero-order valence-electron chi connectivity index (χ0n) is 15.6. The smallest absolute Gasteiger partial charge is 0.269 e. The molecule has 0 fully saturated rings. The maximum absolute atomic E-state index is 13.6. The summed E-state index contributed by atoms with van der Waals surface area (Å²) in [5.41, 5.74) is 2.74. The van der Waals surface area contributed by atoms with Crippen LogP contribution in [0.5, 0.6) is 5.75 Å². The molecule has 3 aromatic rings. The van der Waals surface area contributed by atoms with Crippen molar-refractivity contribution in [3.05, 3.63) is 89.5 Å².